The Bertz CT molecular complexity index is 930. The van der Waals surface area contributed by atoms with Crippen molar-refractivity contribution in [3.63, 3.8) is 0 Å². The van der Waals surface area contributed by atoms with E-state index in [1.54, 1.807) is 29.3 Å². The molecule has 6 heteroatoms. The predicted molar refractivity (Wildman–Crippen MR) is 91.4 cm³/mol. The standard InChI is InChI=1S/C19H16FN5/c20-17-8-6-16(7-9-17)19(24-11-10-21-14-24)18-13-25(23-22-18)12-15-4-2-1-3-5-15/h1-11,13-14,19H,12H2/t19-/m0/s1. The molecule has 2 aromatic carbocycles. The molecule has 0 spiro atoms. The highest BCUT2D eigenvalue weighted by Crippen LogP contribution is 2.25. The van der Waals surface area contributed by atoms with Crippen molar-refractivity contribution in [2.45, 2.75) is 12.6 Å². The van der Waals surface area contributed by atoms with Gasteiger partial charge in [-0.15, -0.1) is 5.10 Å². The quantitative estimate of drug-likeness (QED) is 0.563. The summed E-state index contributed by atoms with van der Waals surface area (Å²) in [6.45, 7) is 0.647. The molecule has 2 heterocycles. The fourth-order valence-electron chi connectivity index (χ4n) is 2.85. The summed E-state index contributed by atoms with van der Waals surface area (Å²) in [6.07, 6.45) is 7.22. The molecule has 0 N–H and O–H groups in total. The molecule has 0 saturated carbocycles. The Hall–Kier alpha value is -3.28. The Kier molecular flexibility index (Phi) is 4.08. The summed E-state index contributed by atoms with van der Waals surface area (Å²) >= 11 is 0. The van der Waals surface area contributed by atoms with Crippen LogP contribution in [-0.4, -0.2) is 24.5 Å². The van der Waals surface area contributed by atoms with Gasteiger partial charge in [0, 0.05) is 12.4 Å². The Labute approximate surface area is 144 Å². The van der Waals surface area contributed by atoms with E-state index in [2.05, 4.69) is 27.4 Å². The van der Waals surface area contributed by atoms with Crippen LogP contribution in [0.1, 0.15) is 22.9 Å². The molecule has 124 valence electrons. The third kappa shape index (κ3) is 3.33. The summed E-state index contributed by atoms with van der Waals surface area (Å²) in [6, 6.07) is 16.3. The van der Waals surface area contributed by atoms with Crippen molar-refractivity contribution in [3.8, 4) is 0 Å². The van der Waals surface area contributed by atoms with Crippen LogP contribution in [0.25, 0.3) is 0 Å². The first-order chi connectivity index (χ1) is 12.3. The first-order valence-electron chi connectivity index (χ1n) is 7.96. The molecule has 0 aliphatic rings. The van der Waals surface area contributed by atoms with Crippen LogP contribution in [0.2, 0.25) is 0 Å². The molecule has 0 radical (unpaired) electrons. The van der Waals surface area contributed by atoms with Crippen LogP contribution in [0, 0.1) is 5.82 Å². The van der Waals surface area contributed by atoms with Crippen molar-refractivity contribution in [2.24, 2.45) is 0 Å². The zero-order chi connectivity index (χ0) is 17.1. The van der Waals surface area contributed by atoms with Gasteiger partial charge in [0.15, 0.2) is 0 Å². The molecule has 1 atom stereocenters. The van der Waals surface area contributed by atoms with Crippen molar-refractivity contribution < 1.29 is 4.39 Å². The van der Waals surface area contributed by atoms with Gasteiger partial charge < -0.3 is 4.57 Å². The summed E-state index contributed by atoms with van der Waals surface area (Å²) in [7, 11) is 0. The number of nitrogens with zero attached hydrogens (tertiary/aromatic N) is 5. The van der Waals surface area contributed by atoms with Gasteiger partial charge in [-0.05, 0) is 23.3 Å². The topological polar surface area (TPSA) is 48.5 Å². The molecular formula is C19H16FN5. The highest BCUT2D eigenvalue weighted by atomic mass is 19.1. The van der Waals surface area contributed by atoms with Crippen LogP contribution in [0.4, 0.5) is 4.39 Å². The van der Waals surface area contributed by atoms with Gasteiger partial charge in [0.25, 0.3) is 0 Å². The van der Waals surface area contributed by atoms with Gasteiger partial charge in [-0.2, -0.15) is 0 Å². The maximum atomic E-state index is 13.3. The molecule has 4 rings (SSSR count). The van der Waals surface area contributed by atoms with Crippen molar-refractivity contribution in [2.75, 3.05) is 0 Å². The van der Waals surface area contributed by atoms with E-state index in [0.29, 0.717) is 6.54 Å². The number of hydrogen-bond acceptors (Lipinski definition) is 3. The fourth-order valence-corrected chi connectivity index (χ4v) is 2.85. The maximum Gasteiger partial charge on any atom is 0.123 e. The molecule has 0 aliphatic heterocycles. The number of hydrogen-bond donors (Lipinski definition) is 0. The summed E-state index contributed by atoms with van der Waals surface area (Å²) in [5.74, 6) is -0.263. The van der Waals surface area contributed by atoms with Crippen LogP contribution >= 0.6 is 0 Å². The molecular weight excluding hydrogens is 317 g/mol. The van der Waals surface area contributed by atoms with E-state index in [1.807, 2.05) is 35.2 Å². The minimum Gasteiger partial charge on any atom is -0.324 e. The largest absolute Gasteiger partial charge is 0.324 e. The van der Waals surface area contributed by atoms with E-state index in [9.17, 15) is 4.39 Å². The van der Waals surface area contributed by atoms with Crippen molar-refractivity contribution in [1.82, 2.24) is 24.5 Å². The number of aromatic nitrogens is 5. The second-order valence-electron chi connectivity index (χ2n) is 5.79. The molecule has 0 amide bonds. The third-order valence-corrected chi connectivity index (χ3v) is 4.03. The average molecular weight is 333 g/mol. The normalized spacial score (nSPS) is 12.2. The number of halogens is 1. The van der Waals surface area contributed by atoms with Gasteiger partial charge in [0.2, 0.25) is 0 Å². The zero-order valence-electron chi connectivity index (χ0n) is 13.4. The molecule has 0 saturated heterocycles. The molecule has 0 bridgehead atoms. The zero-order valence-corrected chi connectivity index (χ0v) is 13.4. The highest BCUT2D eigenvalue weighted by molar-refractivity contribution is 5.28. The molecule has 5 nitrogen and oxygen atoms in total. The highest BCUT2D eigenvalue weighted by Gasteiger charge is 2.19. The van der Waals surface area contributed by atoms with Crippen LogP contribution < -0.4 is 0 Å². The summed E-state index contributed by atoms with van der Waals surface area (Å²) < 4.78 is 17.0. The Morgan fingerprint density at radius 1 is 1.00 bits per heavy atom. The summed E-state index contributed by atoms with van der Waals surface area (Å²) in [5, 5.41) is 8.58. The molecule has 0 unspecified atom stereocenters. The molecule has 0 aliphatic carbocycles. The minimum absolute atomic E-state index is 0.201. The summed E-state index contributed by atoms with van der Waals surface area (Å²) in [5.41, 5.74) is 2.85. The molecule has 4 aromatic rings. The number of benzene rings is 2. The van der Waals surface area contributed by atoms with Gasteiger partial charge in [0.05, 0.1) is 19.1 Å². The van der Waals surface area contributed by atoms with E-state index in [1.165, 1.54) is 12.1 Å². The number of imidazole rings is 1. The average Bonchev–Trinajstić information content (AvgIpc) is 3.31. The van der Waals surface area contributed by atoms with E-state index >= 15 is 0 Å². The van der Waals surface area contributed by atoms with Crippen molar-refractivity contribution in [3.05, 3.63) is 102 Å². The van der Waals surface area contributed by atoms with Gasteiger partial charge >= 0.3 is 0 Å². The van der Waals surface area contributed by atoms with Crippen LogP contribution in [0.15, 0.2) is 79.5 Å². The van der Waals surface area contributed by atoms with Crippen LogP contribution in [0.3, 0.4) is 0 Å². The van der Waals surface area contributed by atoms with Crippen molar-refractivity contribution in [1.29, 1.82) is 0 Å². The maximum absolute atomic E-state index is 13.3. The van der Waals surface area contributed by atoms with E-state index in [0.717, 1.165) is 16.8 Å². The van der Waals surface area contributed by atoms with Crippen LogP contribution in [0.5, 0.6) is 0 Å². The Morgan fingerprint density at radius 2 is 1.80 bits per heavy atom. The van der Waals surface area contributed by atoms with Gasteiger partial charge in [-0.25, -0.2) is 14.1 Å². The first-order valence-corrected chi connectivity index (χ1v) is 7.96. The summed E-state index contributed by atoms with van der Waals surface area (Å²) in [4.78, 5) is 4.12. The smallest absolute Gasteiger partial charge is 0.123 e. The van der Waals surface area contributed by atoms with E-state index in [-0.39, 0.29) is 11.9 Å². The molecule has 0 fully saturated rings. The lowest BCUT2D eigenvalue weighted by molar-refractivity contribution is 0.619. The second kappa shape index (κ2) is 6.68. The van der Waals surface area contributed by atoms with Gasteiger partial charge in [-0.3, -0.25) is 0 Å². The van der Waals surface area contributed by atoms with E-state index < -0.39 is 0 Å². The second-order valence-corrected chi connectivity index (χ2v) is 5.79. The predicted octanol–water partition coefficient (Wildman–Crippen LogP) is 3.30. The van der Waals surface area contributed by atoms with Crippen molar-refractivity contribution >= 4 is 0 Å². The fraction of sp³-hybridized carbons (Fsp3) is 0.105. The van der Waals surface area contributed by atoms with Gasteiger partial charge in [-0.1, -0.05) is 47.7 Å². The lowest BCUT2D eigenvalue weighted by Crippen LogP contribution is -2.11. The molecule has 2 aromatic heterocycles. The first kappa shape index (κ1) is 15.3. The van der Waals surface area contributed by atoms with Crippen LogP contribution in [-0.2, 0) is 6.54 Å². The lowest BCUT2D eigenvalue weighted by atomic mass is 10.0. The SMILES string of the molecule is Fc1ccc([C@@H](c2cn(Cc3ccccc3)nn2)n2ccnc2)cc1. The lowest BCUT2D eigenvalue weighted by Gasteiger charge is -2.16. The third-order valence-electron chi connectivity index (χ3n) is 4.03. The van der Waals surface area contributed by atoms with E-state index in [4.69, 9.17) is 0 Å². The molecule has 25 heavy (non-hydrogen) atoms. The van der Waals surface area contributed by atoms with Gasteiger partial charge in [0.1, 0.15) is 17.6 Å². The monoisotopic (exact) mass is 333 g/mol. The Morgan fingerprint density at radius 3 is 2.52 bits per heavy atom. The number of rotatable bonds is 5. The minimum atomic E-state index is -0.263. The Balaban J connectivity index is 1.67.